The van der Waals surface area contributed by atoms with Crippen molar-refractivity contribution in [1.82, 2.24) is 10.6 Å². The second kappa shape index (κ2) is 8.53. The third-order valence-electron chi connectivity index (χ3n) is 2.82. The molecule has 2 aromatic carbocycles. The van der Waals surface area contributed by atoms with E-state index in [9.17, 15) is 13.2 Å². The van der Waals surface area contributed by atoms with Crippen LogP contribution in [0.25, 0.3) is 6.08 Å². The van der Waals surface area contributed by atoms with Crippen molar-refractivity contribution < 1.29 is 13.2 Å². The molecule has 2 aromatic rings. The maximum absolute atomic E-state index is 12.6. The number of nitrogens with zero attached hydrogens (tertiary/aromatic N) is 1. The number of nitrogens with one attached hydrogen (secondary N) is 4. The van der Waals surface area contributed by atoms with Crippen LogP contribution in [-0.4, -0.2) is 18.2 Å². The number of alkyl halides is 3. The van der Waals surface area contributed by atoms with Crippen molar-refractivity contribution in [2.24, 2.45) is 4.99 Å². The lowest BCUT2D eigenvalue weighted by Gasteiger charge is -2.13. The van der Waals surface area contributed by atoms with Crippen molar-refractivity contribution in [3.05, 3.63) is 72.4 Å². The Labute approximate surface area is 142 Å². The van der Waals surface area contributed by atoms with Crippen molar-refractivity contribution in [2.45, 2.75) is 6.30 Å². The van der Waals surface area contributed by atoms with Crippen molar-refractivity contribution >= 4 is 23.7 Å². The van der Waals surface area contributed by atoms with Crippen LogP contribution in [0.15, 0.2) is 71.9 Å². The Morgan fingerprint density at radius 1 is 0.960 bits per heavy atom. The van der Waals surface area contributed by atoms with E-state index in [1.165, 1.54) is 6.20 Å². The van der Waals surface area contributed by atoms with Gasteiger partial charge in [0.1, 0.15) is 0 Å². The van der Waals surface area contributed by atoms with Gasteiger partial charge in [-0.25, -0.2) is 0 Å². The highest BCUT2D eigenvalue weighted by atomic mass is 19.4. The van der Waals surface area contributed by atoms with E-state index >= 15 is 0 Å². The number of benzene rings is 2. The molecule has 0 amide bonds. The van der Waals surface area contributed by atoms with E-state index in [2.05, 4.69) is 20.9 Å². The van der Waals surface area contributed by atoms with Gasteiger partial charge < -0.3 is 10.6 Å². The number of hydrogen-bond acceptors (Lipinski definition) is 2. The first-order valence-electron chi connectivity index (χ1n) is 7.25. The molecule has 0 bridgehead atoms. The van der Waals surface area contributed by atoms with Gasteiger partial charge in [0.05, 0.1) is 0 Å². The number of para-hydroxylation sites is 1. The van der Waals surface area contributed by atoms with Crippen LogP contribution in [-0.2, 0) is 0 Å². The van der Waals surface area contributed by atoms with Gasteiger partial charge in [-0.1, -0.05) is 48.5 Å². The fourth-order valence-corrected chi connectivity index (χ4v) is 1.82. The van der Waals surface area contributed by atoms with Crippen LogP contribution in [0.3, 0.4) is 0 Å². The zero-order valence-corrected chi connectivity index (χ0v) is 13.0. The molecule has 2 rings (SSSR count). The van der Waals surface area contributed by atoms with Gasteiger partial charge in [0, 0.05) is 11.9 Å². The molecule has 0 saturated heterocycles. The molecule has 0 fully saturated rings. The van der Waals surface area contributed by atoms with Crippen LogP contribution in [0, 0.1) is 5.41 Å². The van der Waals surface area contributed by atoms with Crippen LogP contribution in [0.1, 0.15) is 5.56 Å². The van der Waals surface area contributed by atoms with Gasteiger partial charge >= 0.3 is 6.30 Å². The molecule has 0 aliphatic rings. The Kier molecular flexibility index (Phi) is 6.16. The highest BCUT2D eigenvalue weighted by molar-refractivity contribution is 6.04. The molecule has 0 heterocycles. The Bertz CT molecular complexity index is 740. The summed E-state index contributed by atoms with van der Waals surface area (Å²) in [5.74, 6) is -0.970. The monoisotopic (exact) mass is 347 g/mol. The van der Waals surface area contributed by atoms with Gasteiger partial charge in [-0.05, 0) is 23.8 Å². The third-order valence-corrected chi connectivity index (χ3v) is 2.82. The summed E-state index contributed by atoms with van der Waals surface area (Å²) in [5, 5.41) is 15.0. The Morgan fingerprint density at radius 3 is 2.16 bits per heavy atom. The fourth-order valence-electron chi connectivity index (χ4n) is 1.82. The first kappa shape index (κ1) is 18.1. The molecule has 130 valence electrons. The molecule has 0 aliphatic heterocycles. The molecular formula is C17H16F3N5. The minimum atomic E-state index is -4.77. The maximum atomic E-state index is 12.6. The van der Waals surface area contributed by atoms with E-state index < -0.39 is 12.3 Å². The third kappa shape index (κ3) is 7.21. The van der Waals surface area contributed by atoms with Gasteiger partial charge in [0.15, 0.2) is 5.96 Å². The van der Waals surface area contributed by atoms with E-state index in [4.69, 9.17) is 5.41 Å². The summed E-state index contributed by atoms with van der Waals surface area (Å²) in [6, 6.07) is 17.7. The second-order valence-electron chi connectivity index (χ2n) is 4.81. The van der Waals surface area contributed by atoms with Gasteiger partial charge in [-0.15, -0.1) is 18.2 Å². The van der Waals surface area contributed by atoms with Crippen molar-refractivity contribution in [3.63, 3.8) is 0 Å². The number of aliphatic imine (C=N–C) groups is 1. The molecular weight excluding hydrogens is 331 g/mol. The molecule has 0 aliphatic carbocycles. The summed E-state index contributed by atoms with van der Waals surface area (Å²) in [6.07, 6.45) is -1.88. The first-order chi connectivity index (χ1) is 11.9. The van der Waals surface area contributed by atoms with E-state index in [0.29, 0.717) is 5.69 Å². The lowest BCUT2D eigenvalue weighted by molar-refractivity contribution is -0.119. The average Bonchev–Trinajstić information content (AvgIpc) is 2.55. The molecule has 0 radical (unpaired) electrons. The highest BCUT2D eigenvalue weighted by Crippen LogP contribution is 2.15. The molecule has 5 nitrogen and oxygen atoms in total. The molecule has 0 atom stereocenters. The predicted molar refractivity (Wildman–Crippen MR) is 93.0 cm³/mol. The maximum Gasteiger partial charge on any atom is 0.506 e. The van der Waals surface area contributed by atoms with Gasteiger partial charge in [0.25, 0.3) is 0 Å². The van der Waals surface area contributed by atoms with Crippen LogP contribution in [0.4, 0.5) is 18.9 Å². The van der Waals surface area contributed by atoms with E-state index in [-0.39, 0.29) is 5.96 Å². The standard InChI is InChI=1S/C17H16F3N5/c18-17(19,20)25-16(22-12-11-13-7-3-1-4-8-13)24-15(21)23-14-9-5-2-6-10-14/h1-12H,(H4,21,22,23,24,25). The normalized spacial score (nSPS) is 12.0. The SMILES string of the molecule is N=C(NC(=NC(F)(F)F)NC=Cc1ccccc1)Nc1ccccc1. The fraction of sp³-hybridized carbons (Fsp3) is 0.0588. The van der Waals surface area contributed by atoms with Gasteiger partial charge in [0.2, 0.25) is 5.96 Å². The van der Waals surface area contributed by atoms with E-state index in [1.54, 1.807) is 48.5 Å². The summed E-state index contributed by atoms with van der Waals surface area (Å²) < 4.78 is 37.7. The minimum Gasteiger partial charge on any atom is -0.332 e. The molecule has 8 heteroatoms. The number of rotatable bonds is 3. The largest absolute Gasteiger partial charge is 0.506 e. The summed E-state index contributed by atoms with van der Waals surface area (Å²) >= 11 is 0. The van der Waals surface area contributed by atoms with Crippen LogP contribution in [0.2, 0.25) is 0 Å². The Morgan fingerprint density at radius 2 is 1.56 bits per heavy atom. The summed E-state index contributed by atoms with van der Waals surface area (Å²) in [6.45, 7) is 0. The zero-order chi connectivity index (χ0) is 18.1. The number of guanidine groups is 2. The molecule has 4 N–H and O–H groups in total. The lowest BCUT2D eigenvalue weighted by atomic mass is 10.2. The second-order valence-corrected chi connectivity index (χ2v) is 4.81. The molecule has 0 saturated carbocycles. The minimum absolute atomic E-state index is 0.352. The number of hydrogen-bond donors (Lipinski definition) is 4. The zero-order valence-electron chi connectivity index (χ0n) is 13.0. The summed E-state index contributed by atoms with van der Waals surface area (Å²) in [7, 11) is 0. The highest BCUT2D eigenvalue weighted by Gasteiger charge is 2.27. The number of anilines is 1. The summed E-state index contributed by atoms with van der Waals surface area (Å²) in [4.78, 5) is 2.58. The molecule has 0 unspecified atom stereocenters. The average molecular weight is 347 g/mol. The Balaban J connectivity index is 2.02. The summed E-state index contributed by atoms with van der Waals surface area (Å²) in [5.41, 5.74) is 1.37. The lowest BCUT2D eigenvalue weighted by Crippen LogP contribution is -2.42. The smallest absolute Gasteiger partial charge is 0.332 e. The van der Waals surface area contributed by atoms with Crippen molar-refractivity contribution in [1.29, 1.82) is 5.41 Å². The topological polar surface area (TPSA) is 72.3 Å². The van der Waals surface area contributed by atoms with Crippen LogP contribution >= 0.6 is 0 Å². The van der Waals surface area contributed by atoms with Crippen molar-refractivity contribution in [2.75, 3.05) is 5.32 Å². The van der Waals surface area contributed by atoms with Crippen molar-refractivity contribution in [3.8, 4) is 0 Å². The predicted octanol–water partition coefficient (Wildman–Crippen LogP) is 3.76. The van der Waals surface area contributed by atoms with E-state index in [0.717, 1.165) is 5.56 Å². The molecule has 0 aromatic heterocycles. The molecule has 25 heavy (non-hydrogen) atoms. The van der Waals surface area contributed by atoms with E-state index in [1.807, 2.05) is 18.2 Å². The van der Waals surface area contributed by atoms with Gasteiger partial charge in [-0.2, -0.15) is 0 Å². The van der Waals surface area contributed by atoms with Crippen LogP contribution < -0.4 is 16.0 Å². The van der Waals surface area contributed by atoms with Gasteiger partial charge in [-0.3, -0.25) is 10.7 Å². The number of halogens is 3. The van der Waals surface area contributed by atoms with Crippen LogP contribution in [0.5, 0.6) is 0 Å². The Hall–Kier alpha value is -3.29. The first-order valence-corrected chi connectivity index (χ1v) is 7.25. The quantitative estimate of drug-likeness (QED) is 0.388. The molecule has 0 spiro atoms.